The summed E-state index contributed by atoms with van der Waals surface area (Å²) in [4.78, 5) is 0. The summed E-state index contributed by atoms with van der Waals surface area (Å²) in [6, 6.07) is 7.01. The molecular formula is C13H15ClN2O2. The van der Waals surface area contributed by atoms with E-state index in [1.165, 1.54) is 0 Å². The Kier molecular flexibility index (Phi) is 3.59. The summed E-state index contributed by atoms with van der Waals surface area (Å²) < 4.78 is 6.89. The van der Waals surface area contributed by atoms with E-state index in [1.54, 1.807) is 37.0 Å². The molecule has 2 aromatic rings. The van der Waals surface area contributed by atoms with E-state index in [4.69, 9.17) is 16.3 Å². The Bertz CT molecular complexity index is 566. The van der Waals surface area contributed by atoms with E-state index in [-0.39, 0.29) is 0 Å². The molecule has 1 heterocycles. The Morgan fingerprint density at radius 2 is 2.11 bits per heavy atom. The molecule has 4 nitrogen and oxygen atoms in total. The van der Waals surface area contributed by atoms with Crippen LogP contribution in [0.15, 0.2) is 24.3 Å². The molecule has 0 aliphatic carbocycles. The molecule has 1 atom stereocenters. The van der Waals surface area contributed by atoms with Crippen molar-refractivity contribution < 1.29 is 9.84 Å². The molecule has 0 aliphatic heterocycles. The fraction of sp³-hybridized carbons (Fsp3) is 0.308. The maximum absolute atomic E-state index is 10.4. The fourth-order valence-electron chi connectivity index (χ4n) is 1.96. The van der Waals surface area contributed by atoms with Crippen LogP contribution in [0.5, 0.6) is 5.75 Å². The zero-order valence-electron chi connectivity index (χ0n) is 10.5. The summed E-state index contributed by atoms with van der Waals surface area (Å²) in [6.07, 6.45) is -0.815. The van der Waals surface area contributed by atoms with Gasteiger partial charge in [0, 0.05) is 17.6 Å². The van der Waals surface area contributed by atoms with Crippen molar-refractivity contribution in [1.29, 1.82) is 0 Å². The number of benzene rings is 1. The van der Waals surface area contributed by atoms with Crippen molar-refractivity contribution in [3.63, 3.8) is 0 Å². The highest BCUT2D eigenvalue weighted by Gasteiger charge is 2.19. The number of hydrogen-bond acceptors (Lipinski definition) is 3. The van der Waals surface area contributed by atoms with Gasteiger partial charge in [-0.15, -0.1) is 0 Å². The average Bonchev–Trinajstić information content (AvgIpc) is 2.67. The highest BCUT2D eigenvalue weighted by Crippen LogP contribution is 2.32. The van der Waals surface area contributed by atoms with Gasteiger partial charge in [-0.3, -0.25) is 4.68 Å². The number of aromatic nitrogens is 2. The number of rotatable bonds is 3. The summed E-state index contributed by atoms with van der Waals surface area (Å²) >= 11 is 5.96. The predicted molar refractivity (Wildman–Crippen MR) is 70.0 cm³/mol. The van der Waals surface area contributed by atoms with Crippen molar-refractivity contribution in [1.82, 2.24) is 9.78 Å². The van der Waals surface area contributed by atoms with Gasteiger partial charge in [0.1, 0.15) is 11.9 Å². The molecule has 0 saturated carbocycles. The van der Waals surface area contributed by atoms with E-state index in [0.717, 1.165) is 5.69 Å². The second-order valence-corrected chi connectivity index (χ2v) is 4.56. The number of methoxy groups -OCH3 is 1. The first kappa shape index (κ1) is 12.9. The third-order valence-corrected chi connectivity index (χ3v) is 3.04. The highest BCUT2D eigenvalue weighted by atomic mass is 35.5. The molecule has 1 unspecified atom stereocenters. The Morgan fingerprint density at radius 1 is 1.39 bits per heavy atom. The first-order valence-electron chi connectivity index (χ1n) is 5.55. The molecule has 2 rings (SSSR count). The number of halogens is 1. The molecule has 0 bridgehead atoms. The number of aliphatic hydroxyl groups excluding tert-OH is 1. The summed E-state index contributed by atoms with van der Waals surface area (Å²) in [6.45, 7) is 1.88. The topological polar surface area (TPSA) is 47.3 Å². The molecule has 5 heteroatoms. The third-order valence-electron chi connectivity index (χ3n) is 2.80. The van der Waals surface area contributed by atoms with Crippen molar-refractivity contribution in [3.8, 4) is 5.75 Å². The first-order valence-corrected chi connectivity index (χ1v) is 5.92. The SMILES string of the molecule is COc1ccc(Cl)cc1C(O)c1cc(C)nn1C. The van der Waals surface area contributed by atoms with Crippen LogP contribution in [0.2, 0.25) is 5.02 Å². The van der Waals surface area contributed by atoms with E-state index < -0.39 is 6.10 Å². The Balaban J connectivity index is 2.48. The van der Waals surface area contributed by atoms with Crippen LogP contribution in [-0.4, -0.2) is 22.0 Å². The molecule has 0 saturated heterocycles. The second kappa shape index (κ2) is 5.00. The van der Waals surface area contributed by atoms with Crippen LogP contribution in [0.25, 0.3) is 0 Å². The second-order valence-electron chi connectivity index (χ2n) is 4.12. The zero-order valence-corrected chi connectivity index (χ0v) is 11.3. The van der Waals surface area contributed by atoms with Crippen LogP contribution in [0, 0.1) is 6.92 Å². The molecule has 18 heavy (non-hydrogen) atoms. The zero-order chi connectivity index (χ0) is 13.3. The third kappa shape index (κ3) is 2.35. The van der Waals surface area contributed by atoms with Gasteiger partial charge >= 0.3 is 0 Å². The van der Waals surface area contributed by atoms with Crippen LogP contribution in [0.4, 0.5) is 0 Å². The molecule has 0 amide bonds. The molecule has 0 radical (unpaired) electrons. The Hall–Kier alpha value is -1.52. The molecule has 1 N–H and O–H groups in total. The molecule has 1 aromatic carbocycles. The fourth-order valence-corrected chi connectivity index (χ4v) is 2.15. The summed E-state index contributed by atoms with van der Waals surface area (Å²) in [5, 5.41) is 15.2. The molecule has 0 aliphatic rings. The number of hydrogen-bond donors (Lipinski definition) is 1. The minimum absolute atomic E-state index is 0.559. The van der Waals surface area contributed by atoms with Gasteiger partial charge < -0.3 is 9.84 Å². The predicted octanol–water partition coefficient (Wildman–Crippen LogP) is 2.47. The largest absolute Gasteiger partial charge is 0.496 e. The van der Waals surface area contributed by atoms with Crippen molar-refractivity contribution in [2.24, 2.45) is 7.05 Å². The number of aliphatic hydroxyl groups is 1. The van der Waals surface area contributed by atoms with Crippen LogP contribution >= 0.6 is 11.6 Å². The molecular weight excluding hydrogens is 252 g/mol. The van der Waals surface area contributed by atoms with Crippen LogP contribution in [-0.2, 0) is 7.05 Å². The van der Waals surface area contributed by atoms with Crippen molar-refractivity contribution in [2.45, 2.75) is 13.0 Å². The van der Waals surface area contributed by atoms with Crippen molar-refractivity contribution in [3.05, 3.63) is 46.2 Å². The van der Waals surface area contributed by atoms with E-state index >= 15 is 0 Å². The maximum atomic E-state index is 10.4. The molecule has 0 spiro atoms. The van der Waals surface area contributed by atoms with Gasteiger partial charge in [0.15, 0.2) is 0 Å². The summed E-state index contributed by atoms with van der Waals surface area (Å²) in [7, 11) is 3.36. The lowest BCUT2D eigenvalue weighted by molar-refractivity contribution is 0.204. The standard InChI is InChI=1S/C13H15ClN2O2/c1-8-6-11(16(2)15-8)13(17)10-7-9(14)4-5-12(10)18-3/h4-7,13,17H,1-3H3. The van der Waals surface area contributed by atoms with E-state index in [1.807, 2.05) is 13.0 Å². The molecule has 96 valence electrons. The minimum Gasteiger partial charge on any atom is -0.496 e. The number of ether oxygens (including phenoxy) is 1. The normalized spacial score (nSPS) is 12.5. The maximum Gasteiger partial charge on any atom is 0.125 e. The van der Waals surface area contributed by atoms with E-state index in [2.05, 4.69) is 5.10 Å². The minimum atomic E-state index is -0.815. The smallest absolute Gasteiger partial charge is 0.125 e. The monoisotopic (exact) mass is 266 g/mol. The van der Waals surface area contributed by atoms with Crippen molar-refractivity contribution >= 4 is 11.6 Å². The van der Waals surface area contributed by atoms with Gasteiger partial charge in [0.25, 0.3) is 0 Å². The Morgan fingerprint density at radius 3 is 2.67 bits per heavy atom. The van der Waals surface area contributed by atoms with Crippen LogP contribution in [0.3, 0.4) is 0 Å². The Labute approximate surface area is 111 Å². The molecule has 1 aromatic heterocycles. The number of nitrogens with zero attached hydrogens (tertiary/aromatic N) is 2. The van der Waals surface area contributed by atoms with E-state index in [0.29, 0.717) is 22.0 Å². The first-order chi connectivity index (χ1) is 8.52. The summed E-state index contributed by atoms with van der Waals surface area (Å²) in [5.74, 6) is 0.603. The van der Waals surface area contributed by atoms with Gasteiger partial charge in [-0.1, -0.05) is 11.6 Å². The van der Waals surface area contributed by atoms with Crippen LogP contribution in [0.1, 0.15) is 23.1 Å². The van der Waals surface area contributed by atoms with Gasteiger partial charge in [-0.2, -0.15) is 5.10 Å². The van der Waals surface area contributed by atoms with Crippen molar-refractivity contribution in [2.75, 3.05) is 7.11 Å². The highest BCUT2D eigenvalue weighted by molar-refractivity contribution is 6.30. The lowest BCUT2D eigenvalue weighted by atomic mass is 10.1. The van der Waals surface area contributed by atoms with Gasteiger partial charge in [0.05, 0.1) is 18.5 Å². The van der Waals surface area contributed by atoms with Gasteiger partial charge in [0.2, 0.25) is 0 Å². The van der Waals surface area contributed by atoms with Gasteiger partial charge in [-0.25, -0.2) is 0 Å². The van der Waals surface area contributed by atoms with Crippen LogP contribution < -0.4 is 4.74 Å². The van der Waals surface area contributed by atoms with E-state index in [9.17, 15) is 5.11 Å². The molecule has 0 fully saturated rings. The lowest BCUT2D eigenvalue weighted by Gasteiger charge is -2.15. The lowest BCUT2D eigenvalue weighted by Crippen LogP contribution is -2.08. The summed E-state index contributed by atoms with van der Waals surface area (Å²) in [5.41, 5.74) is 2.19. The average molecular weight is 267 g/mol. The van der Waals surface area contributed by atoms with Gasteiger partial charge in [-0.05, 0) is 31.2 Å². The quantitative estimate of drug-likeness (QED) is 0.928. The number of aryl methyl sites for hydroxylation is 2.